The lowest BCUT2D eigenvalue weighted by Crippen LogP contribution is -2.23. The second-order valence-electron chi connectivity index (χ2n) is 7.09. The number of ether oxygens (including phenoxy) is 1. The first-order valence-corrected chi connectivity index (χ1v) is 9.99. The van der Waals surface area contributed by atoms with E-state index in [2.05, 4.69) is 34.3 Å². The largest absolute Gasteiger partial charge is 0.362 e. The third-order valence-electron chi connectivity index (χ3n) is 4.97. The molecule has 0 aliphatic heterocycles. The summed E-state index contributed by atoms with van der Waals surface area (Å²) in [5.74, 6) is -1.16. The van der Waals surface area contributed by atoms with Gasteiger partial charge >= 0.3 is 0 Å². The Kier molecular flexibility index (Phi) is 5.95. The summed E-state index contributed by atoms with van der Waals surface area (Å²) in [7, 11) is 0. The molecule has 0 aliphatic rings. The second-order valence-corrected chi connectivity index (χ2v) is 7.09. The van der Waals surface area contributed by atoms with Gasteiger partial charge in [0.1, 0.15) is 19.0 Å². The van der Waals surface area contributed by atoms with Gasteiger partial charge in [0.05, 0.1) is 0 Å². The number of halogens is 1. The molecule has 158 valence electrons. The maximum atomic E-state index is 12.9. The number of hydrogen-bond donors (Lipinski definition) is 2. The predicted octanol–water partition coefficient (Wildman–Crippen LogP) is 4.55. The molecule has 31 heavy (non-hydrogen) atoms. The van der Waals surface area contributed by atoms with Crippen molar-refractivity contribution >= 4 is 45.0 Å². The molecule has 2 N–H and O–H groups in total. The van der Waals surface area contributed by atoms with Crippen molar-refractivity contribution in [3.63, 3.8) is 0 Å². The maximum Gasteiger partial charge on any atom is 0.250 e. The molecule has 7 heteroatoms. The number of carbonyl (C=O) groups excluding carboxylic acids is 2. The highest BCUT2D eigenvalue weighted by atomic mass is 19.1. The van der Waals surface area contributed by atoms with Crippen molar-refractivity contribution in [1.29, 1.82) is 0 Å². The average Bonchev–Trinajstić information content (AvgIpc) is 3.08. The SMILES string of the molecule is CCn1c2ccccc2c2cc(NC(=O)COCC(=O)Nc3ccc(F)cc3)ccc21. The number of amides is 2. The minimum atomic E-state index is -0.423. The Hall–Kier alpha value is -3.71. The Morgan fingerprint density at radius 3 is 2.16 bits per heavy atom. The van der Waals surface area contributed by atoms with Crippen molar-refractivity contribution in [2.24, 2.45) is 0 Å². The highest BCUT2D eigenvalue weighted by molar-refractivity contribution is 6.09. The van der Waals surface area contributed by atoms with Gasteiger partial charge in [-0.3, -0.25) is 9.59 Å². The Balaban J connectivity index is 1.35. The first-order valence-electron chi connectivity index (χ1n) is 9.99. The normalized spacial score (nSPS) is 11.0. The van der Waals surface area contributed by atoms with Crippen LogP contribution in [-0.2, 0) is 20.9 Å². The van der Waals surface area contributed by atoms with Crippen LogP contribution in [0.3, 0.4) is 0 Å². The molecule has 0 aliphatic carbocycles. The highest BCUT2D eigenvalue weighted by Crippen LogP contribution is 2.30. The number of nitrogens with one attached hydrogen (secondary N) is 2. The summed E-state index contributed by atoms with van der Waals surface area (Å²) in [5.41, 5.74) is 3.38. The van der Waals surface area contributed by atoms with Crippen LogP contribution in [-0.4, -0.2) is 29.6 Å². The molecular weight excluding hydrogens is 397 g/mol. The van der Waals surface area contributed by atoms with Gasteiger partial charge in [-0.05, 0) is 55.5 Å². The van der Waals surface area contributed by atoms with E-state index in [-0.39, 0.29) is 24.9 Å². The first kappa shape index (κ1) is 20.6. The molecule has 0 saturated heterocycles. The van der Waals surface area contributed by atoms with Crippen LogP contribution in [0, 0.1) is 5.82 Å². The monoisotopic (exact) mass is 419 g/mol. The molecule has 2 amide bonds. The van der Waals surface area contributed by atoms with Crippen molar-refractivity contribution in [2.45, 2.75) is 13.5 Å². The summed E-state index contributed by atoms with van der Waals surface area (Å²) in [6, 6.07) is 19.4. The van der Waals surface area contributed by atoms with Crippen LogP contribution < -0.4 is 10.6 Å². The van der Waals surface area contributed by atoms with Gasteiger partial charge in [-0.25, -0.2) is 4.39 Å². The molecule has 0 atom stereocenters. The van der Waals surface area contributed by atoms with Gasteiger partial charge in [0, 0.05) is 39.7 Å². The molecule has 4 aromatic rings. The molecule has 0 unspecified atom stereocenters. The molecule has 6 nitrogen and oxygen atoms in total. The summed E-state index contributed by atoms with van der Waals surface area (Å²) < 4.78 is 20.3. The number of nitrogens with zero attached hydrogens (tertiary/aromatic N) is 1. The minimum Gasteiger partial charge on any atom is -0.362 e. The van der Waals surface area contributed by atoms with E-state index in [0.717, 1.165) is 28.4 Å². The zero-order valence-electron chi connectivity index (χ0n) is 17.0. The quantitative estimate of drug-likeness (QED) is 0.462. The maximum absolute atomic E-state index is 12.9. The van der Waals surface area contributed by atoms with E-state index >= 15 is 0 Å². The topological polar surface area (TPSA) is 72.4 Å². The summed E-state index contributed by atoms with van der Waals surface area (Å²) in [6.07, 6.45) is 0. The highest BCUT2D eigenvalue weighted by Gasteiger charge is 2.11. The minimum absolute atomic E-state index is 0.258. The summed E-state index contributed by atoms with van der Waals surface area (Å²) in [5, 5.41) is 7.58. The third-order valence-corrected chi connectivity index (χ3v) is 4.97. The molecule has 0 spiro atoms. The van der Waals surface area contributed by atoms with Crippen molar-refractivity contribution in [3.05, 3.63) is 72.5 Å². The van der Waals surface area contributed by atoms with Gasteiger partial charge in [-0.15, -0.1) is 0 Å². The van der Waals surface area contributed by atoms with E-state index in [1.54, 1.807) is 0 Å². The van der Waals surface area contributed by atoms with Crippen molar-refractivity contribution in [3.8, 4) is 0 Å². The molecule has 4 rings (SSSR count). The second kappa shape index (κ2) is 8.97. The Bertz CT molecular complexity index is 1250. The summed E-state index contributed by atoms with van der Waals surface area (Å²) >= 11 is 0. The van der Waals surface area contributed by atoms with E-state index < -0.39 is 5.91 Å². The Morgan fingerprint density at radius 2 is 1.45 bits per heavy atom. The lowest BCUT2D eigenvalue weighted by molar-refractivity contribution is -0.125. The third kappa shape index (κ3) is 4.57. The number of rotatable bonds is 7. The van der Waals surface area contributed by atoms with Gasteiger partial charge in [-0.1, -0.05) is 18.2 Å². The zero-order chi connectivity index (χ0) is 21.8. The summed E-state index contributed by atoms with van der Waals surface area (Å²) in [4.78, 5) is 24.1. The van der Waals surface area contributed by atoms with Crippen LogP contribution in [0.5, 0.6) is 0 Å². The first-order chi connectivity index (χ1) is 15.0. The molecule has 0 radical (unpaired) electrons. The number of aromatic nitrogens is 1. The molecule has 0 saturated carbocycles. The fourth-order valence-corrected chi connectivity index (χ4v) is 3.64. The van der Waals surface area contributed by atoms with E-state index in [1.165, 1.54) is 24.3 Å². The molecule has 1 heterocycles. The van der Waals surface area contributed by atoms with Crippen LogP contribution >= 0.6 is 0 Å². The Morgan fingerprint density at radius 1 is 0.839 bits per heavy atom. The molecule has 1 aromatic heterocycles. The van der Waals surface area contributed by atoms with Crippen molar-refractivity contribution in [2.75, 3.05) is 23.8 Å². The Labute approximate surface area is 178 Å². The van der Waals surface area contributed by atoms with E-state index in [9.17, 15) is 14.0 Å². The van der Waals surface area contributed by atoms with E-state index in [4.69, 9.17) is 4.74 Å². The summed E-state index contributed by atoms with van der Waals surface area (Å²) in [6.45, 7) is 2.41. The number of aryl methyl sites for hydroxylation is 1. The molecule has 0 bridgehead atoms. The van der Waals surface area contributed by atoms with Gasteiger partial charge in [0.15, 0.2) is 0 Å². The standard InChI is InChI=1S/C24H22FN3O3/c1-2-28-21-6-4-3-5-19(21)20-13-18(11-12-22(20)28)27-24(30)15-31-14-23(29)26-17-9-7-16(25)8-10-17/h3-13H,2,14-15H2,1H3,(H,26,29)(H,27,30). The van der Waals surface area contributed by atoms with Gasteiger partial charge < -0.3 is 19.9 Å². The zero-order valence-corrected chi connectivity index (χ0v) is 17.0. The van der Waals surface area contributed by atoms with E-state index in [1.807, 2.05) is 30.3 Å². The van der Waals surface area contributed by atoms with Crippen LogP contribution in [0.2, 0.25) is 0 Å². The fourth-order valence-electron chi connectivity index (χ4n) is 3.64. The lowest BCUT2D eigenvalue weighted by Gasteiger charge is -2.08. The average molecular weight is 419 g/mol. The molecule has 3 aromatic carbocycles. The van der Waals surface area contributed by atoms with Gasteiger partial charge in [-0.2, -0.15) is 0 Å². The van der Waals surface area contributed by atoms with Crippen LogP contribution in [0.4, 0.5) is 15.8 Å². The van der Waals surface area contributed by atoms with Gasteiger partial charge in [0.2, 0.25) is 11.8 Å². The van der Waals surface area contributed by atoms with Crippen LogP contribution in [0.25, 0.3) is 21.8 Å². The number of anilines is 2. The predicted molar refractivity (Wildman–Crippen MR) is 120 cm³/mol. The smallest absolute Gasteiger partial charge is 0.250 e. The molecule has 0 fully saturated rings. The number of carbonyl (C=O) groups is 2. The number of fused-ring (bicyclic) bond motifs is 3. The number of hydrogen-bond acceptors (Lipinski definition) is 3. The van der Waals surface area contributed by atoms with Gasteiger partial charge in [0.25, 0.3) is 0 Å². The fraction of sp³-hybridized carbons (Fsp3) is 0.167. The van der Waals surface area contributed by atoms with Crippen molar-refractivity contribution in [1.82, 2.24) is 4.57 Å². The molecular formula is C24H22FN3O3. The number of benzene rings is 3. The van der Waals surface area contributed by atoms with Crippen LogP contribution in [0.15, 0.2) is 66.7 Å². The number of para-hydroxylation sites is 1. The van der Waals surface area contributed by atoms with E-state index in [0.29, 0.717) is 11.4 Å². The van der Waals surface area contributed by atoms with Crippen LogP contribution in [0.1, 0.15) is 6.92 Å². The van der Waals surface area contributed by atoms with Crippen molar-refractivity contribution < 1.29 is 18.7 Å². The lowest BCUT2D eigenvalue weighted by atomic mass is 10.1.